The largest absolute Gasteiger partial charge is 0.488 e. The van der Waals surface area contributed by atoms with Crippen molar-refractivity contribution in [3.8, 4) is 11.6 Å². The molecular formula is C13H13N5O3. The third-order valence-electron chi connectivity index (χ3n) is 3.10. The van der Waals surface area contributed by atoms with Gasteiger partial charge in [0.25, 0.3) is 0 Å². The lowest BCUT2D eigenvalue weighted by Gasteiger charge is -2.08. The van der Waals surface area contributed by atoms with Crippen molar-refractivity contribution in [2.75, 3.05) is 0 Å². The van der Waals surface area contributed by atoms with Gasteiger partial charge < -0.3 is 9.26 Å². The van der Waals surface area contributed by atoms with Gasteiger partial charge in [0.05, 0.1) is 5.56 Å². The van der Waals surface area contributed by atoms with Gasteiger partial charge in [0, 0.05) is 0 Å². The van der Waals surface area contributed by atoms with E-state index >= 15 is 0 Å². The van der Waals surface area contributed by atoms with Crippen LogP contribution in [0.15, 0.2) is 33.6 Å². The minimum atomic E-state index is -0.486. The van der Waals surface area contributed by atoms with E-state index < -0.39 is 5.69 Å². The molecule has 0 bridgehead atoms. The molecule has 21 heavy (non-hydrogen) atoms. The number of aryl methyl sites for hydroxylation is 2. The fourth-order valence-corrected chi connectivity index (χ4v) is 1.92. The molecule has 8 heteroatoms. The molecule has 2 heterocycles. The topological polar surface area (TPSA) is 98.8 Å². The molecule has 0 atom stereocenters. The van der Waals surface area contributed by atoms with Crippen LogP contribution >= 0.6 is 0 Å². The van der Waals surface area contributed by atoms with Gasteiger partial charge in [0.15, 0.2) is 0 Å². The number of ether oxygens (including phenoxy) is 1. The van der Waals surface area contributed by atoms with E-state index in [0.717, 1.165) is 16.0 Å². The predicted molar refractivity (Wildman–Crippen MR) is 72.3 cm³/mol. The normalized spacial score (nSPS) is 10.8. The van der Waals surface area contributed by atoms with E-state index in [9.17, 15) is 4.79 Å². The van der Waals surface area contributed by atoms with Crippen LogP contribution in [0.3, 0.4) is 0 Å². The number of aromatic amines is 1. The van der Waals surface area contributed by atoms with Gasteiger partial charge in [0.2, 0.25) is 5.82 Å². The second kappa shape index (κ2) is 5.23. The molecule has 2 aromatic heterocycles. The Hall–Kier alpha value is -2.90. The van der Waals surface area contributed by atoms with E-state index in [0.29, 0.717) is 11.3 Å². The Morgan fingerprint density at radius 1 is 1.33 bits per heavy atom. The number of nitrogens with one attached hydrogen (secondary N) is 1. The lowest BCUT2D eigenvalue weighted by atomic mass is 10.2. The number of para-hydroxylation sites is 1. The summed E-state index contributed by atoms with van der Waals surface area (Å²) >= 11 is 0. The van der Waals surface area contributed by atoms with E-state index in [2.05, 4.69) is 20.7 Å². The Bertz CT molecular complexity index is 817. The number of H-pyrrole nitrogens is 1. The zero-order valence-electron chi connectivity index (χ0n) is 11.5. The van der Waals surface area contributed by atoms with Gasteiger partial charge in [-0.3, -0.25) is 0 Å². The number of nitrogens with zero attached hydrogens (tertiary/aromatic N) is 4. The average molecular weight is 287 g/mol. The molecule has 0 unspecified atom stereocenters. The minimum absolute atomic E-state index is 0.217. The van der Waals surface area contributed by atoms with Crippen LogP contribution in [-0.2, 0) is 6.61 Å². The Balaban J connectivity index is 1.90. The summed E-state index contributed by atoms with van der Waals surface area (Å²) in [6, 6.07) is 7.66. The molecule has 0 saturated carbocycles. The summed E-state index contributed by atoms with van der Waals surface area (Å²) in [6.07, 6.45) is 0. The van der Waals surface area contributed by atoms with Crippen molar-refractivity contribution >= 4 is 0 Å². The van der Waals surface area contributed by atoms with Crippen molar-refractivity contribution in [2.24, 2.45) is 0 Å². The van der Waals surface area contributed by atoms with Crippen LogP contribution in [0.1, 0.15) is 16.9 Å². The van der Waals surface area contributed by atoms with Gasteiger partial charge in [0.1, 0.15) is 18.1 Å². The summed E-state index contributed by atoms with van der Waals surface area (Å²) in [6.45, 7) is 3.92. The zero-order valence-corrected chi connectivity index (χ0v) is 11.5. The van der Waals surface area contributed by atoms with Crippen LogP contribution in [-0.4, -0.2) is 25.4 Å². The summed E-state index contributed by atoms with van der Waals surface area (Å²) in [4.78, 5) is 11.6. The quantitative estimate of drug-likeness (QED) is 0.772. The number of benzene rings is 1. The molecule has 0 radical (unpaired) electrons. The Labute approximate surface area is 119 Å². The minimum Gasteiger partial charge on any atom is -0.488 e. The average Bonchev–Trinajstić information content (AvgIpc) is 3.04. The predicted octanol–water partition coefficient (Wildman–Crippen LogP) is 1.14. The van der Waals surface area contributed by atoms with Crippen LogP contribution in [0.4, 0.5) is 0 Å². The molecule has 0 aliphatic carbocycles. The Kier molecular flexibility index (Phi) is 3.27. The molecule has 0 amide bonds. The maximum atomic E-state index is 11.6. The maximum absolute atomic E-state index is 11.6. The van der Waals surface area contributed by atoms with Gasteiger partial charge in [-0.05, 0) is 35.9 Å². The Morgan fingerprint density at radius 2 is 2.14 bits per heavy atom. The molecule has 8 nitrogen and oxygen atoms in total. The molecular weight excluding hydrogens is 274 g/mol. The summed E-state index contributed by atoms with van der Waals surface area (Å²) in [5.74, 6) is 1.60. The molecule has 0 spiro atoms. The highest BCUT2D eigenvalue weighted by molar-refractivity contribution is 5.35. The van der Waals surface area contributed by atoms with Gasteiger partial charge in [-0.2, -0.15) is 0 Å². The highest BCUT2D eigenvalue weighted by Crippen LogP contribution is 2.21. The van der Waals surface area contributed by atoms with Crippen LogP contribution in [0.2, 0.25) is 0 Å². The van der Waals surface area contributed by atoms with E-state index in [1.807, 2.05) is 31.2 Å². The first-order valence-corrected chi connectivity index (χ1v) is 6.31. The molecule has 108 valence electrons. The SMILES string of the molecule is Cc1ccccc1OCc1c(-n2nn[nH]c2=O)noc1C. The summed E-state index contributed by atoms with van der Waals surface area (Å²) < 4.78 is 11.9. The number of hydrogen-bond donors (Lipinski definition) is 1. The van der Waals surface area contributed by atoms with E-state index in [1.54, 1.807) is 6.92 Å². The first-order valence-electron chi connectivity index (χ1n) is 6.31. The molecule has 0 fully saturated rings. The fourth-order valence-electron chi connectivity index (χ4n) is 1.92. The lowest BCUT2D eigenvalue weighted by Crippen LogP contribution is -2.18. The van der Waals surface area contributed by atoms with Crippen LogP contribution in [0.5, 0.6) is 5.75 Å². The molecule has 0 saturated heterocycles. The van der Waals surface area contributed by atoms with Gasteiger partial charge in [-0.25, -0.2) is 9.89 Å². The first kappa shape index (κ1) is 13.1. The van der Waals surface area contributed by atoms with E-state index in [1.165, 1.54) is 0 Å². The van der Waals surface area contributed by atoms with Crippen molar-refractivity contribution in [1.82, 2.24) is 25.4 Å². The van der Waals surface area contributed by atoms with Gasteiger partial charge in [-0.15, -0.1) is 4.68 Å². The van der Waals surface area contributed by atoms with Crippen LogP contribution < -0.4 is 10.4 Å². The van der Waals surface area contributed by atoms with Crippen molar-refractivity contribution < 1.29 is 9.26 Å². The monoisotopic (exact) mass is 287 g/mol. The van der Waals surface area contributed by atoms with Crippen LogP contribution in [0.25, 0.3) is 5.82 Å². The van der Waals surface area contributed by atoms with Gasteiger partial charge >= 0.3 is 5.69 Å². The molecule has 1 aromatic carbocycles. The number of aromatic nitrogens is 5. The molecule has 0 aliphatic rings. The smallest absolute Gasteiger partial charge is 0.367 e. The van der Waals surface area contributed by atoms with Gasteiger partial charge in [-0.1, -0.05) is 23.4 Å². The zero-order chi connectivity index (χ0) is 14.8. The molecule has 0 aliphatic heterocycles. The van der Waals surface area contributed by atoms with Crippen molar-refractivity contribution in [2.45, 2.75) is 20.5 Å². The molecule has 1 N–H and O–H groups in total. The second-order valence-corrected chi connectivity index (χ2v) is 4.51. The summed E-state index contributed by atoms with van der Waals surface area (Å²) in [5, 5.41) is 13.1. The van der Waals surface area contributed by atoms with Crippen LogP contribution in [0, 0.1) is 13.8 Å². The van der Waals surface area contributed by atoms with E-state index in [4.69, 9.17) is 9.26 Å². The highest BCUT2D eigenvalue weighted by atomic mass is 16.5. The highest BCUT2D eigenvalue weighted by Gasteiger charge is 2.18. The second-order valence-electron chi connectivity index (χ2n) is 4.51. The molecule has 3 aromatic rings. The third-order valence-corrected chi connectivity index (χ3v) is 3.10. The van der Waals surface area contributed by atoms with E-state index in [-0.39, 0.29) is 12.4 Å². The lowest BCUT2D eigenvalue weighted by molar-refractivity contribution is 0.300. The number of rotatable bonds is 4. The van der Waals surface area contributed by atoms with Crippen molar-refractivity contribution in [3.63, 3.8) is 0 Å². The Morgan fingerprint density at radius 3 is 2.86 bits per heavy atom. The summed E-state index contributed by atoms with van der Waals surface area (Å²) in [5.41, 5.74) is 1.18. The van der Waals surface area contributed by atoms with Crippen molar-refractivity contribution in [1.29, 1.82) is 0 Å². The fraction of sp³-hybridized carbons (Fsp3) is 0.231. The standard InChI is InChI=1S/C13H13N5O3/c1-8-5-3-4-6-11(8)20-7-10-9(2)21-15-12(10)18-13(19)14-16-17-18/h3-6H,7H2,1-2H3,(H,14,17,19). The summed E-state index contributed by atoms with van der Waals surface area (Å²) in [7, 11) is 0. The first-order chi connectivity index (χ1) is 10.2. The number of tetrazole rings is 1. The maximum Gasteiger partial charge on any atom is 0.367 e. The molecule has 3 rings (SSSR count). The number of hydrogen-bond acceptors (Lipinski definition) is 6. The van der Waals surface area contributed by atoms with Crippen molar-refractivity contribution in [3.05, 3.63) is 51.6 Å². The third kappa shape index (κ3) is 2.42.